The number of nitrogens with two attached hydrogens (primary N) is 1. The molecule has 3 rings (SSSR count). The molecule has 2 unspecified atom stereocenters. The van der Waals surface area contributed by atoms with Crippen molar-refractivity contribution in [2.75, 3.05) is 6.54 Å². The molecule has 2 heterocycles. The first-order valence-corrected chi connectivity index (χ1v) is 8.51. The summed E-state index contributed by atoms with van der Waals surface area (Å²) in [6, 6.07) is 9.26. The topological polar surface area (TPSA) is 86.5 Å². The fourth-order valence-corrected chi connectivity index (χ4v) is 2.92. The zero-order chi connectivity index (χ0) is 18.5. The van der Waals surface area contributed by atoms with Crippen molar-refractivity contribution < 1.29 is 18.7 Å². The summed E-state index contributed by atoms with van der Waals surface area (Å²) in [5, 5.41) is 2.74. The van der Waals surface area contributed by atoms with Crippen molar-refractivity contribution in [2.45, 2.75) is 18.9 Å². The van der Waals surface area contributed by atoms with Crippen molar-refractivity contribution in [3.05, 3.63) is 54.0 Å². The second kappa shape index (κ2) is 8.09. The lowest BCUT2D eigenvalue weighted by Crippen LogP contribution is -2.32. The van der Waals surface area contributed by atoms with E-state index in [0.29, 0.717) is 31.0 Å². The maximum atomic E-state index is 12.9. The van der Waals surface area contributed by atoms with Gasteiger partial charge in [-0.3, -0.25) is 4.79 Å². The highest BCUT2D eigenvalue weighted by atomic mass is 32.1. The van der Waals surface area contributed by atoms with Crippen LogP contribution in [-0.4, -0.2) is 28.7 Å². The van der Waals surface area contributed by atoms with Gasteiger partial charge in [-0.2, -0.15) is 0 Å². The summed E-state index contributed by atoms with van der Waals surface area (Å²) in [4.78, 5) is 15.7. The quantitative estimate of drug-likeness (QED) is 0.754. The first-order valence-electron chi connectivity index (χ1n) is 8.11. The Morgan fingerprint density at radius 2 is 2.12 bits per heavy atom. The van der Waals surface area contributed by atoms with Gasteiger partial charge in [0.1, 0.15) is 17.7 Å². The predicted molar refractivity (Wildman–Crippen MR) is 97.2 cm³/mol. The molecule has 26 heavy (non-hydrogen) atoms. The largest absolute Gasteiger partial charge is 0.467 e. The molecular weight excluding hydrogens is 357 g/mol. The number of pyridine rings is 1. The molecule has 8 heteroatoms. The van der Waals surface area contributed by atoms with E-state index in [2.05, 4.69) is 10.3 Å². The first kappa shape index (κ1) is 18.1. The lowest BCUT2D eigenvalue weighted by molar-refractivity contribution is -0.119. The predicted octanol–water partition coefficient (Wildman–Crippen LogP) is 2.32. The van der Waals surface area contributed by atoms with Gasteiger partial charge in [0, 0.05) is 37.6 Å². The molecule has 1 aliphatic rings. The molecule has 136 valence electrons. The Labute approximate surface area is 155 Å². The number of nitrogens with zero attached hydrogens (tertiary/aromatic N) is 1. The number of nitrogens with one attached hydrogen (secondary N) is 1. The first-order chi connectivity index (χ1) is 12.5. The molecule has 0 spiro atoms. The zero-order valence-electron chi connectivity index (χ0n) is 13.9. The maximum absolute atomic E-state index is 12.9. The fraction of sp³-hybridized carbons (Fsp3) is 0.278. The van der Waals surface area contributed by atoms with Gasteiger partial charge in [-0.1, -0.05) is 6.07 Å². The Hall–Kier alpha value is -2.74. The number of carbonyl (C=O) groups excluding carboxylic acids is 1. The third-order valence-corrected chi connectivity index (χ3v) is 4.17. The second-order valence-electron chi connectivity index (χ2n) is 6.01. The molecule has 0 saturated carbocycles. The van der Waals surface area contributed by atoms with Gasteiger partial charge in [-0.25, -0.2) is 9.37 Å². The van der Waals surface area contributed by atoms with Crippen molar-refractivity contribution in [2.24, 2.45) is 11.7 Å². The van der Waals surface area contributed by atoms with Crippen LogP contribution in [0.3, 0.4) is 0 Å². The molecule has 0 bridgehead atoms. The maximum Gasteiger partial charge on any atom is 0.254 e. The Kier molecular flexibility index (Phi) is 5.62. The number of hydrogen-bond donors (Lipinski definition) is 2. The summed E-state index contributed by atoms with van der Waals surface area (Å²) < 4.78 is 24.0. The molecule has 3 N–H and O–H groups in total. The van der Waals surface area contributed by atoms with Gasteiger partial charge in [0.25, 0.3) is 5.17 Å². The van der Waals surface area contributed by atoms with Crippen molar-refractivity contribution in [3.8, 4) is 11.6 Å². The number of benzene rings is 1. The van der Waals surface area contributed by atoms with Crippen LogP contribution < -0.4 is 15.8 Å². The molecule has 2 aromatic rings. The minimum absolute atomic E-state index is 0.000795. The lowest BCUT2D eigenvalue weighted by atomic mass is 9.96. The highest BCUT2D eigenvalue weighted by Crippen LogP contribution is 2.23. The van der Waals surface area contributed by atoms with E-state index < -0.39 is 0 Å². The van der Waals surface area contributed by atoms with E-state index in [9.17, 15) is 9.18 Å². The van der Waals surface area contributed by atoms with Crippen LogP contribution in [0, 0.1) is 11.7 Å². The molecule has 1 saturated heterocycles. The van der Waals surface area contributed by atoms with E-state index in [0.717, 1.165) is 5.56 Å². The van der Waals surface area contributed by atoms with Gasteiger partial charge >= 0.3 is 0 Å². The summed E-state index contributed by atoms with van der Waals surface area (Å²) in [5.41, 5.74) is 6.41. The van der Waals surface area contributed by atoms with Gasteiger partial charge in [0.15, 0.2) is 0 Å². The van der Waals surface area contributed by atoms with Crippen LogP contribution in [0.2, 0.25) is 0 Å². The second-order valence-corrected chi connectivity index (χ2v) is 6.41. The van der Waals surface area contributed by atoms with Crippen LogP contribution in [-0.2, 0) is 16.0 Å². The van der Waals surface area contributed by atoms with Crippen LogP contribution >= 0.6 is 12.2 Å². The molecule has 1 aromatic heterocycles. The van der Waals surface area contributed by atoms with E-state index in [1.807, 2.05) is 6.07 Å². The standard InChI is InChI=1S/C18H18FN3O3S/c19-13-2-4-14(5-3-13)24-17-6-1-11(9-22-17)7-15(25-18(20)26)12-8-16(23)21-10-12/h1-6,9,12,15H,7-8,10H2,(H2,20,26)(H,21,23). The number of halogens is 1. The number of aromatic nitrogens is 1. The fourth-order valence-electron chi connectivity index (χ4n) is 2.79. The number of rotatable bonds is 6. The number of carbonyl (C=O) groups is 1. The van der Waals surface area contributed by atoms with Crippen molar-refractivity contribution in [1.82, 2.24) is 10.3 Å². The van der Waals surface area contributed by atoms with Gasteiger partial charge < -0.3 is 20.5 Å². The van der Waals surface area contributed by atoms with Gasteiger partial charge in [0.2, 0.25) is 11.8 Å². The van der Waals surface area contributed by atoms with Crippen molar-refractivity contribution in [1.29, 1.82) is 0 Å². The van der Waals surface area contributed by atoms with E-state index in [1.54, 1.807) is 12.3 Å². The van der Waals surface area contributed by atoms with E-state index in [1.165, 1.54) is 24.3 Å². The normalized spacial score (nSPS) is 17.4. The van der Waals surface area contributed by atoms with Crippen molar-refractivity contribution >= 4 is 23.3 Å². The van der Waals surface area contributed by atoms with Crippen LogP contribution in [0.4, 0.5) is 4.39 Å². The minimum Gasteiger partial charge on any atom is -0.467 e. The number of hydrogen-bond acceptors (Lipinski definition) is 5. The average Bonchev–Trinajstić information content (AvgIpc) is 3.04. The Balaban J connectivity index is 1.65. The molecule has 1 aromatic carbocycles. The highest BCUT2D eigenvalue weighted by molar-refractivity contribution is 7.80. The third-order valence-electron chi connectivity index (χ3n) is 4.07. The van der Waals surface area contributed by atoms with Crippen LogP contribution in [0.15, 0.2) is 42.6 Å². The Bertz CT molecular complexity index is 783. The van der Waals surface area contributed by atoms with Crippen molar-refractivity contribution in [3.63, 3.8) is 0 Å². The van der Waals surface area contributed by atoms with Gasteiger partial charge in [-0.05, 0) is 42.0 Å². The molecule has 1 amide bonds. The molecule has 6 nitrogen and oxygen atoms in total. The molecule has 0 aliphatic carbocycles. The molecule has 0 radical (unpaired) electrons. The Morgan fingerprint density at radius 1 is 1.35 bits per heavy atom. The summed E-state index contributed by atoms with van der Waals surface area (Å²) in [5.74, 6) is 0.554. The number of thiocarbonyl (C=S) groups is 1. The van der Waals surface area contributed by atoms with E-state index in [-0.39, 0.29) is 28.9 Å². The van der Waals surface area contributed by atoms with Crippen LogP contribution in [0.5, 0.6) is 11.6 Å². The zero-order valence-corrected chi connectivity index (χ0v) is 14.7. The Morgan fingerprint density at radius 3 is 2.69 bits per heavy atom. The highest BCUT2D eigenvalue weighted by Gasteiger charge is 2.31. The number of amides is 1. The summed E-state index contributed by atoms with van der Waals surface area (Å²) >= 11 is 4.84. The smallest absolute Gasteiger partial charge is 0.254 e. The van der Waals surface area contributed by atoms with E-state index in [4.69, 9.17) is 27.4 Å². The molecule has 2 atom stereocenters. The summed E-state index contributed by atoms with van der Waals surface area (Å²) in [6.45, 7) is 0.533. The third kappa shape index (κ3) is 4.89. The van der Waals surface area contributed by atoms with Crippen LogP contribution in [0.1, 0.15) is 12.0 Å². The van der Waals surface area contributed by atoms with Gasteiger partial charge in [-0.15, -0.1) is 0 Å². The van der Waals surface area contributed by atoms with E-state index >= 15 is 0 Å². The summed E-state index contributed by atoms with van der Waals surface area (Å²) in [7, 11) is 0. The summed E-state index contributed by atoms with van der Waals surface area (Å²) in [6.07, 6.45) is 2.25. The minimum atomic E-state index is -0.329. The number of ether oxygens (including phenoxy) is 2. The molecule has 1 fully saturated rings. The van der Waals surface area contributed by atoms with Gasteiger partial charge in [0.05, 0.1) is 0 Å². The lowest BCUT2D eigenvalue weighted by Gasteiger charge is -2.22. The van der Waals surface area contributed by atoms with Crippen LogP contribution in [0.25, 0.3) is 0 Å². The monoisotopic (exact) mass is 375 g/mol. The molecular formula is C18H18FN3O3S. The average molecular weight is 375 g/mol. The molecule has 1 aliphatic heterocycles. The SMILES string of the molecule is NC(=S)OC(Cc1ccc(Oc2ccc(F)cc2)nc1)C1CNC(=O)C1.